The number of esters is 1. The number of pyridine rings is 1. The number of aromatic nitrogens is 1. The first kappa shape index (κ1) is 19.9. The number of carbonyl (C=O) groups is 2. The van der Waals surface area contributed by atoms with E-state index < -0.39 is 5.97 Å². The number of para-hydroxylation sites is 1. The Kier molecular flexibility index (Phi) is 6.42. The Hall–Kier alpha value is -3.87. The Balaban J connectivity index is 1.74. The quantitative estimate of drug-likeness (QED) is 0.585. The highest BCUT2D eigenvalue weighted by atomic mass is 16.5. The zero-order valence-electron chi connectivity index (χ0n) is 16.1. The third kappa shape index (κ3) is 5.10. The zero-order chi connectivity index (χ0) is 20.6. The summed E-state index contributed by atoms with van der Waals surface area (Å²) in [5.74, 6) is 0.434. The van der Waals surface area contributed by atoms with E-state index in [0.717, 1.165) is 5.75 Å². The molecule has 0 spiro atoms. The summed E-state index contributed by atoms with van der Waals surface area (Å²) in [6.45, 7) is 2.49. The lowest BCUT2D eigenvalue weighted by Gasteiger charge is -2.11. The van der Waals surface area contributed by atoms with E-state index in [1.54, 1.807) is 60.7 Å². The van der Waals surface area contributed by atoms with Gasteiger partial charge in [0.05, 0.1) is 25.0 Å². The Morgan fingerprint density at radius 3 is 2.52 bits per heavy atom. The SMILES string of the molecule is CCOc1ccc(NC(=O)c2ccnc(Nc3ccccc3C(=O)OC)c2)cc1. The van der Waals surface area contributed by atoms with Crippen LogP contribution in [0.25, 0.3) is 0 Å². The van der Waals surface area contributed by atoms with Gasteiger partial charge in [-0.25, -0.2) is 9.78 Å². The van der Waals surface area contributed by atoms with Crippen molar-refractivity contribution in [2.24, 2.45) is 0 Å². The number of hydrogen-bond acceptors (Lipinski definition) is 6. The number of rotatable bonds is 7. The summed E-state index contributed by atoms with van der Waals surface area (Å²) in [6, 6.07) is 17.3. The van der Waals surface area contributed by atoms with Crippen molar-refractivity contribution in [3.63, 3.8) is 0 Å². The highest BCUT2D eigenvalue weighted by Crippen LogP contribution is 2.21. The maximum Gasteiger partial charge on any atom is 0.339 e. The standard InChI is InChI=1S/C22H21N3O4/c1-3-29-17-10-8-16(9-11-17)24-21(26)15-12-13-23-20(14-15)25-19-7-5-4-6-18(19)22(27)28-2/h4-14H,3H2,1-2H3,(H,23,25)(H,24,26). The minimum Gasteiger partial charge on any atom is -0.494 e. The van der Waals surface area contributed by atoms with E-state index in [2.05, 4.69) is 15.6 Å². The van der Waals surface area contributed by atoms with Crippen LogP contribution >= 0.6 is 0 Å². The molecule has 1 heterocycles. The van der Waals surface area contributed by atoms with Crippen LogP contribution in [0.15, 0.2) is 66.9 Å². The van der Waals surface area contributed by atoms with Crippen molar-refractivity contribution in [3.05, 3.63) is 78.0 Å². The van der Waals surface area contributed by atoms with Crippen molar-refractivity contribution in [1.82, 2.24) is 4.98 Å². The van der Waals surface area contributed by atoms with Crippen LogP contribution in [0.3, 0.4) is 0 Å². The molecule has 0 bridgehead atoms. The number of benzene rings is 2. The summed E-state index contributed by atoms with van der Waals surface area (Å²) in [5, 5.41) is 5.89. The molecule has 7 heteroatoms. The second kappa shape index (κ2) is 9.36. The average molecular weight is 391 g/mol. The van der Waals surface area contributed by atoms with Gasteiger partial charge in [-0.15, -0.1) is 0 Å². The van der Waals surface area contributed by atoms with Crippen molar-refractivity contribution in [2.45, 2.75) is 6.92 Å². The maximum atomic E-state index is 12.6. The molecule has 0 aliphatic rings. The Labute approximate surface area is 168 Å². The molecular formula is C22H21N3O4. The molecule has 29 heavy (non-hydrogen) atoms. The minimum absolute atomic E-state index is 0.277. The lowest BCUT2D eigenvalue weighted by atomic mass is 10.1. The normalized spacial score (nSPS) is 10.1. The van der Waals surface area contributed by atoms with E-state index in [4.69, 9.17) is 9.47 Å². The molecule has 0 unspecified atom stereocenters. The van der Waals surface area contributed by atoms with Crippen molar-refractivity contribution in [2.75, 3.05) is 24.4 Å². The van der Waals surface area contributed by atoms with E-state index >= 15 is 0 Å². The highest BCUT2D eigenvalue weighted by molar-refractivity contribution is 6.04. The van der Waals surface area contributed by atoms with Gasteiger partial charge < -0.3 is 20.1 Å². The van der Waals surface area contributed by atoms with Crippen LogP contribution in [0.4, 0.5) is 17.2 Å². The summed E-state index contributed by atoms with van der Waals surface area (Å²) < 4.78 is 10.2. The Morgan fingerprint density at radius 1 is 1.03 bits per heavy atom. The van der Waals surface area contributed by atoms with Crippen LogP contribution in [-0.4, -0.2) is 30.6 Å². The number of carbonyl (C=O) groups excluding carboxylic acids is 2. The molecule has 0 fully saturated rings. The smallest absolute Gasteiger partial charge is 0.339 e. The first-order chi connectivity index (χ1) is 14.1. The van der Waals surface area contributed by atoms with Crippen molar-refractivity contribution in [3.8, 4) is 5.75 Å². The molecule has 0 aliphatic carbocycles. The molecule has 0 atom stereocenters. The number of nitrogens with one attached hydrogen (secondary N) is 2. The first-order valence-electron chi connectivity index (χ1n) is 9.05. The second-order valence-corrected chi connectivity index (χ2v) is 6.00. The predicted molar refractivity (Wildman–Crippen MR) is 111 cm³/mol. The van der Waals surface area contributed by atoms with Gasteiger partial charge in [-0.05, 0) is 55.5 Å². The fraction of sp³-hybridized carbons (Fsp3) is 0.136. The van der Waals surface area contributed by atoms with Crippen LogP contribution in [0, 0.1) is 0 Å². The molecule has 3 rings (SSSR count). The molecule has 148 valence electrons. The summed E-state index contributed by atoms with van der Waals surface area (Å²) >= 11 is 0. The number of methoxy groups -OCH3 is 1. The van der Waals surface area contributed by atoms with Gasteiger partial charge in [0.15, 0.2) is 0 Å². The summed E-state index contributed by atoms with van der Waals surface area (Å²) in [5.41, 5.74) is 1.99. The highest BCUT2D eigenvalue weighted by Gasteiger charge is 2.13. The second-order valence-electron chi connectivity index (χ2n) is 6.00. The van der Waals surface area contributed by atoms with Crippen LogP contribution in [0.2, 0.25) is 0 Å². The maximum absolute atomic E-state index is 12.6. The summed E-state index contributed by atoms with van der Waals surface area (Å²) in [4.78, 5) is 28.7. The minimum atomic E-state index is -0.461. The van der Waals surface area contributed by atoms with E-state index in [-0.39, 0.29) is 5.91 Å². The molecule has 3 aromatic rings. The lowest BCUT2D eigenvalue weighted by Crippen LogP contribution is -2.12. The molecule has 7 nitrogen and oxygen atoms in total. The molecule has 0 saturated carbocycles. The largest absolute Gasteiger partial charge is 0.494 e. The van der Waals surface area contributed by atoms with Gasteiger partial charge in [0.2, 0.25) is 0 Å². The molecule has 1 amide bonds. The average Bonchev–Trinajstić information content (AvgIpc) is 2.75. The Bertz CT molecular complexity index is 1000. The van der Waals surface area contributed by atoms with E-state index in [0.29, 0.717) is 34.9 Å². The molecule has 0 aliphatic heterocycles. The van der Waals surface area contributed by atoms with Gasteiger partial charge in [-0.3, -0.25) is 4.79 Å². The molecule has 0 saturated heterocycles. The van der Waals surface area contributed by atoms with Crippen LogP contribution in [0.5, 0.6) is 5.75 Å². The van der Waals surface area contributed by atoms with Crippen molar-refractivity contribution < 1.29 is 19.1 Å². The molecule has 2 N–H and O–H groups in total. The molecule has 1 aromatic heterocycles. The molecule has 0 radical (unpaired) electrons. The molecular weight excluding hydrogens is 370 g/mol. The third-order valence-corrected chi connectivity index (χ3v) is 4.04. The van der Waals surface area contributed by atoms with E-state index in [1.807, 2.05) is 6.92 Å². The monoisotopic (exact) mass is 391 g/mol. The van der Waals surface area contributed by atoms with Gasteiger partial charge in [0, 0.05) is 17.4 Å². The fourth-order valence-corrected chi connectivity index (χ4v) is 2.66. The van der Waals surface area contributed by atoms with Crippen molar-refractivity contribution in [1.29, 1.82) is 0 Å². The van der Waals surface area contributed by atoms with Crippen molar-refractivity contribution >= 4 is 29.1 Å². The van der Waals surface area contributed by atoms with E-state index in [9.17, 15) is 9.59 Å². The van der Waals surface area contributed by atoms with Gasteiger partial charge in [0.1, 0.15) is 11.6 Å². The predicted octanol–water partition coefficient (Wildman–Crippen LogP) is 4.26. The van der Waals surface area contributed by atoms with Gasteiger partial charge in [0.25, 0.3) is 5.91 Å². The Morgan fingerprint density at radius 2 is 1.79 bits per heavy atom. The van der Waals surface area contributed by atoms with Gasteiger partial charge in [-0.1, -0.05) is 12.1 Å². The van der Waals surface area contributed by atoms with Gasteiger partial charge >= 0.3 is 5.97 Å². The van der Waals surface area contributed by atoms with E-state index in [1.165, 1.54) is 13.3 Å². The molecule has 2 aromatic carbocycles. The van der Waals surface area contributed by atoms with Gasteiger partial charge in [-0.2, -0.15) is 0 Å². The zero-order valence-corrected chi connectivity index (χ0v) is 16.1. The number of ether oxygens (including phenoxy) is 2. The summed E-state index contributed by atoms with van der Waals surface area (Å²) in [6.07, 6.45) is 1.52. The third-order valence-electron chi connectivity index (χ3n) is 4.04. The number of nitrogens with zero attached hydrogens (tertiary/aromatic N) is 1. The fourth-order valence-electron chi connectivity index (χ4n) is 2.66. The number of hydrogen-bond donors (Lipinski definition) is 2. The van der Waals surface area contributed by atoms with Crippen LogP contribution < -0.4 is 15.4 Å². The van der Waals surface area contributed by atoms with Crippen LogP contribution in [0.1, 0.15) is 27.6 Å². The van der Waals surface area contributed by atoms with Crippen LogP contribution in [-0.2, 0) is 4.74 Å². The summed E-state index contributed by atoms with van der Waals surface area (Å²) in [7, 11) is 1.32. The first-order valence-corrected chi connectivity index (χ1v) is 9.05. The number of amides is 1. The topological polar surface area (TPSA) is 89.5 Å². The lowest BCUT2D eigenvalue weighted by molar-refractivity contribution is 0.0601. The number of anilines is 3.